The summed E-state index contributed by atoms with van der Waals surface area (Å²) in [5.41, 5.74) is 5.11. The molecule has 0 saturated carbocycles. The molecule has 0 aliphatic carbocycles. The Balaban J connectivity index is 2.15. The van der Waals surface area contributed by atoms with Crippen LogP contribution in [0.5, 0.6) is 0 Å². The summed E-state index contributed by atoms with van der Waals surface area (Å²) < 4.78 is 3.14. The summed E-state index contributed by atoms with van der Waals surface area (Å²) in [6.45, 7) is 2.01. The number of carbonyl (C=O) groups is 1. The van der Waals surface area contributed by atoms with Crippen molar-refractivity contribution in [3.8, 4) is 16.9 Å². The molecule has 1 aromatic heterocycles. The van der Waals surface area contributed by atoms with Crippen molar-refractivity contribution in [3.63, 3.8) is 0 Å². The first-order valence-corrected chi connectivity index (χ1v) is 9.07. The second kappa shape index (κ2) is 7.46. The van der Waals surface area contributed by atoms with E-state index >= 15 is 0 Å². The van der Waals surface area contributed by atoms with Gasteiger partial charge in [-0.25, -0.2) is 0 Å². The van der Waals surface area contributed by atoms with E-state index in [0.717, 1.165) is 32.7 Å². The van der Waals surface area contributed by atoms with Gasteiger partial charge in [0.1, 0.15) is 0 Å². The SMILES string of the molecule is Cc1cc(Cl)ccc1-n1c(CCC(=O)O)ccc1-c1ccc(Br)cc1. The molecule has 5 heteroatoms. The van der Waals surface area contributed by atoms with E-state index in [2.05, 4.69) is 20.5 Å². The minimum atomic E-state index is -0.800. The maximum absolute atomic E-state index is 11.0. The monoisotopic (exact) mass is 417 g/mol. The summed E-state index contributed by atoms with van der Waals surface area (Å²) in [4.78, 5) is 11.0. The number of hydrogen-bond donors (Lipinski definition) is 1. The maximum atomic E-state index is 11.0. The van der Waals surface area contributed by atoms with Crippen LogP contribution in [-0.2, 0) is 11.2 Å². The highest BCUT2D eigenvalue weighted by Gasteiger charge is 2.15. The van der Waals surface area contributed by atoms with Crippen molar-refractivity contribution in [3.05, 3.63) is 75.4 Å². The van der Waals surface area contributed by atoms with Crippen LogP contribution < -0.4 is 0 Å². The zero-order valence-electron chi connectivity index (χ0n) is 13.7. The van der Waals surface area contributed by atoms with Gasteiger partial charge in [-0.2, -0.15) is 0 Å². The average Bonchev–Trinajstić information content (AvgIpc) is 2.97. The molecule has 0 spiro atoms. The quantitative estimate of drug-likeness (QED) is 0.561. The average molecular weight is 419 g/mol. The van der Waals surface area contributed by atoms with Crippen molar-refractivity contribution in [2.45, 2.75) is 19.8 Å². The normalized spacial score (nSPS) is 10.8. The predicted octanol–water partition coefficient (Wildman–Crippen LogP) is 5.89. The molecule has 3 aromatic rings. The third-order valence-corrected chi connectivity index (χ3v) is 4.86. The molecule has 0 bridgehead atoms. The molecule has 25 heavy (non-hydrogen) atoms. The second-order valence-electron chi connectivity index (χ2n) is 5.88. The van der Waals surface area contributed by atoms with Crippen molar-refractivity contribution >= 4 is 33.5 Å². The van der Waals surface area contributed by atoms with E-state index < -0.39 is 5.97 Å². The first-order chi connectivity index (χ1) is 12.0. The van der Waals surface area contributed by atoms with Crippen molar-refractivity contribution < 1.29 is 9.90 Å². The van der Waals surface area contributed by atoms with Crippen molar-refractivity contribution in [1.29, 1.82) is 0 Å². The van der Waals surface area contributed by atoms with E-state index in [1.54, 1.807) is 0 Å². The number of halogens is 2. The van der Waals surface area contributed by atoms with Gasteiger partial charge in [-0.1, -0.05) is 39.7 Å². The van der Waals surface area contributed by atoms with E-state index in [4.69, 9.17) is 16.7 Å². The fraction of sp³-hybridized carbons (Fsp3) is 0.150. The summed E-state index contributed by atoms with van der Waals surface area (Å²) in [6, 6.07) is 17.9. The second-order valence-corrected chi connectivity index (χ2v) is 7.23. The Bertz CT molecular complexity index is 916. The van der Waals surface area contributed by atoms with Gasteiger partial charge < -0.3 is 9.67 Å². The number of hydrogen-bond acceptors (Lipinski definition) is 1. The summed E-state index contributed by atoms with van der Waals surface area (Å²) in [7, 11) is 0. The van der Waals surface area contributed by atoms with Gasteiger partial charge in [-0.3, -0.25) is 4.79 Å². The highest BCUT2D eigenvalue weighted by Crippen LogP contribution is 2.30. The molecule has 1 N–H and O–H groups in total. The minimum absolute atomic E-state index is 0.0937. The number of carboxylic acids is 1. The Hall–Kier alpha value is -2.04. The van der Waals surface area contributed by atoms with Crippen LogP contribution in [0.3, 0.4) is 0 Å². The lowest BCUT2D eigenvalue weighted by atomic mass is 10.1. The molecule has 0 radical (unpaired) electrons. The number of carboxylic acid groups (broad SMARTS) is 1. The number of aliphatic carboxylic acids is 1. The molecule has 3 rings (SSSR count). The van der Waals surface area contributed by atoms with Crippen LogP contribution in [0.1, 0.15) is 17.7 Å². The van der Waals surface area contributed by atoms with Gasteiger partial charge in [0.15, 0.2) is 0 Å². The van der Waals surface area contributed by atoms with E-state index in [9.17, 15) is 4.79 Å². The molecule has 3 nitrogen and oxygen atoms in total. The highest BCUT2D eigenvalue weighted by molar-refractivity contribution is 9.10. The summed E-state index contributed by atoms with van der Waals surface area (Å²) in [5.74, 6) is -0.800. The molecule has 0 atom stereocenters. The lowest BCUT2D eigenvalue weighted by molar-refractivity contribution is -0.136. The van der Waals surface area contributed by atoms with Gasteiger partial charge in [-0.15, -0.1) is 0 Å². The largest absolute Gasteiger partial charge is 0.481 e. The molecule has 0 fully saturated rings. The number of benzene rings is 2. The first kappa shape index (κ1) is 17.8. The molecule has 0 unspecified atom stereocenters. The number of aromatic nitrogens is 1. The molecular formula is C20H17BrClNO2. The number of rotatable bonds is 5. The standard InChI is InChI=1S/C20H17BrClNO2/c1-13-12-16(22)6-9-18(13)23-17(8-11-20(24)25)7-10-19(23)14-2-4-15(21)5-3-14/h2-7,9-10,12H,8,11H2,1H3,(H,24,25). The first-order valence-electron chi connectivity index (χ1n) is 7.90. The molecule has 0 aliphatic rings. The fourth-order valence-corrected chi connectivity index (χ4v) is 3.40. The third-order valence-electron chi connectivity index (χ3n) is 4.10. The van der Waals surface area contributed by atoms with Crippen LogP contribution in [0, 0.1) is 6.92 Å². The summed E-state index contributed by atoms with van der Waals surface area (Å²) >= 11 is 9.56. The van der Waals surface area contributed by atoms with Gasteiger partial charge in [0.25, 0.3) is 0 Å². The zero-order valence-corrected chi connectivity index (χ0v) is 16.0. The van der Waals surface area contributed by atoms with Gasteiger partial charge in [-0.05, 0) is 66.9 Å². The van der Waals surface area contributed by atoms with Crippen LogP contribution in [0.4, 0.5) is 0 Å². The van der Waals surface area contributed by atoms with Gasteiger partial charge in [0.2, 0.25) is 0 Å². The van der Waals surface area contributed by atoms with Crippen LogP contribution in [0.25, 0.3) is 16.9 Å². The van der Waals surface area contributed by atoms with Gasteiger partial charge in [0.05, 0.1) is 12.1 Å². The molecule has 0 saturated heterocycles. The van der Waals surface area contributed by atoms with Crippen molar-refractivity contribution in [2.24, 2.45) is 0 Å². The number of aryl methyl sites for hydroxylation is 2. The molecule has 0 aliphatic heterocycles. The fourth-order valence-electron chi connectivity index (χ4n) is 2.91. The number of nitrogens with zero attached hydrogens (tertiary/aromatic N) is 1. The molecule has 0 amide bonds. The molecular weight excluding hydrogens is 402 g/mol. The van der Waals surface area contributed by atoms with Crippen molar-refractivity contribution in [1.82, 2.24) is 4.57 Å². The topological polar surface area (TPSA) is 42.2 Å². The Labute approximate surface area is 160 Å². The predicted molar refractivity (Wildman–Crippen MR) is 105 cm³/mol. The third kappa shape index (κ3) is 3.97. The lowest BCUT2D eigenvalue weighted by Crippen LogP contribution is -2.06. The molecule has 1 heterocycles. The Morgan fingerprint density at radius 3 is 2.48 bits per heavy atom. The highest BCUT2D eigenvalue weighted by atomic mass is 79.9. The Morgan fingerprint density at radius 1 is 1.12 bits per heavy atom. The van der Waals surface area contributed by atoms with Crippen LogP contribution >= 0.6 is 27.5 Å². The van der Waals surface area contributed by atoms with E-state index in [-0.39, 0.29) is 6.42 Å². The Morgan fingerprint density at radius 2 is 1.84 bits per heavy atom. The van der Waals surface area contributed by atoms with Crippen LogP contribution in [0.15, 0.2) is 59.1 Å². The van der Waals surface area contributed by atoms with Crippen molar-refractivity contribution in [2.75, 3.05) is 0 Å². The van der Waals surface area contributed by atoms with E-state index in [1.807, 2.05) is 61.5 Å². The van der Waals surface area contributed by atoms with E-state index in [1.165, 1.54) is 0 Å². The van der Waals surface area contributed by atoms with Crippen LogP contribution in [0.2, 0.25) is 5.02 Å². The van der Waals surface area contributed by atoms with Gasteiger partial charge in [0, 0.05) is 20.9 Å². The van der Waals surface area contributed by atoms with Crippen LogP contribution in [-0.4, -0.2) is 15.6 Å². The van der Waals surface area contributed by atoms with E-state index in [0.29, 0.717) is 11.4 Å². The summed E-state index contributed by atoms with van der Waals surface area (Å²) in [5, 5.41) is 9.74. The lowest BCUT2D eigenvalue weighted by Gasteiger charge is -2.16. The molecule has 2 aromatic carbocycles. The minimum Gasteiger partial charge on any atom is -0.481 e. The summed E-state index contributed by atoms with van der Waals surface area (Å²) in [6.07, 6.45) is 0.560. The smallest absolute Gasteiger partial charge is 0.303 e. The Kier molecular flexibility index (Phi) is 5.30. The maximum Gasteiger partial charge on any atom is 0.303 e. The zero-order chi connectivity index (χ0) is 18.0. The van der Waals surface area contributed by atoms with Gasteiger partial charge >= 0.3 is 5.97 Å². The molecule has 128 valence electrons.